The average molecular weight is 1150 g/mol. The third kappa shape index (κ3) is 14.4. The minimum Gasteiger partial charge on any atom is -0.500 e. The highest BCUT2D eigenvalue weighted by atomic mass is 16.5. The number of esters is 1. The number of benzene rings is 1. The van der Waals surface area contributed by atoms with Crippen LogP contribution in [0.3, 0.4) is 0 Å². The number of nitrogens with zero attached hydrogens (tertiary/aromatic N) is 6. The van der Waals surface area contributed by atoms with E-state index < -0.39 is 6.10 Å². The topological polar surface area (TPSA) is 118 Å². The average Bonchev–Trinajstić information content (AvgIpc) is 2.16. The molecule has 4 aliphatic heterocycles. The highest BCUT2D eigenvalue weighted by Crippen LogP contribution is 2.57. The van der Waals surface area contributed by atoms with Crippen LogP contribution in [0.25, 0.3) is 11.1 Å². The van der Waals surface area contributed by atoms with Crippen LogP contribution in [-0.4, -0.2) is 123 Å². The Morgan fingerprint density at radius 1 is 0.810 bits per heavy atom. The van der Waals surface area contributed by atoms with Crippen molar-refractivity contribution in [3.05, 3.63) is 118 Å². The second kappa shape index (κ2) is 30.8. The molecule has 0 radical (unpaired) electrons. The van der Waals surface area contributed by atoms with E-state index in [-0.39, 0.29) is 41.2 Å². The zero-order valence-electron chi connectivity index (χ0n) is 53.9. The second-order valence-electron chi connectivity index (χ2n) is 24.8. The molecule has 2 aliphatic carbocycles. The number of aliphatic imine (C=N–C) groups is 1. The largest absolute Gasteiger partial charge is 0.500 e. The highest BCUT2D eigenvalue weighted by molar-refractivity contribution is 6.28. The van der Waals surface area contributed by atoms with Crippen molar-refractivity contribution in [1.29, 1.82) is 0 Å². The lowest BCUT2D eigenvalue weighted by molar-refractivity contribution is -0.145. The Balaban J connectivity index is 1.20. The lowest BCUT2D eigenvalue weighted by atomic mass is 9.67. The van der Waals surface area contributed by atoms with Gasteiger partial charge >= 0.3 is 17.7 Å². The lowest BCUT2D eigenvalue weighted by Crippen LogP contribution is -2.50. The minimum absolute atomic E-state index is 0.0474. The molecular formula is C72H105N6O6+. The summed E-state index contributed by atoms with van der Waals surface area (Å²) in [7, 11) is 11.5. The Labute approximate surface area is 506 Å². The molecule has 12 heteroatoms. The maximum absolute atomic E-state index is 15.1. The SMILES string of the molecule is C=CC(C=C)OC(=O)CCCCCCCCCCN(C)C1=[N+]=C2C(CC1)C(OC)=C(c1ccc3c(c1)C(CCC)(CCC)C1=C3C=C(CC[C@@H](C)CCCCC)C=C(C3=C(OC)C4CCC(N(C)CC)=NC4N(C)C3=O)C=C1CC)C(=O)N2C. The molecule has 458 valence electrons. The van der Waals surface area contributed by atoms with Crippen molar-refractivity contribution in [3.63, 3.8) is 0 Å². The molecule has 6 aliphatic rings. The summed E-state index contributed by atoms with van der Waals surface area (Å²) in [5.41, 5.74) is 10.4. The fourth-order valence-electron chi connectivity index (χ4n) is 14.3. The van der Waals surface area contributed by atoms with Crippen molar-refractivity contribution in [2.24, 2.45) is 22.7 Å². The number of carbonyl (C=O) groups is 3. The molecule has 3 unspecified atom stereocenters. The molecule has 0 N–H and O–H groups in total. The van der Waals surface area contributed by atoms with Crippen LogP contribution in [0.5, 0.6) is 0 Å². The Kier molecular flexibility index (Phi) is 24.0. The molecule has 1 aromatic rings. The van der Waals surface area contributed by atoms with Crippen LogP contribution in [0.1, 0.15) is 212 Å². The van der Waals surface area contributed by atoms with Gasteiger partial charge in [-0.15, -0.1) is 0 Å². The Morgan fingerprint density at radius 3 is 2.14 bits per heavy atom. The molecule has 0 fully saturated rings. The first-order valence-electron chi connectivity index (χ1n) is 32.6. The summed E-state index contributed by atoms with van der Waals surface area (Å²) in [6.07, 6.45) is 33.5. The van der Waals surface area contributed by atoms with Gasteiger partial charge in [0.25, 0.3) is 11.7 Å². The lowest BCUT2D eigenvalue weighted by Gasteiger charge is -2.42. The van der Waals surface area contributed by atoms with Crippen molar-refractivity contribution in [3.8, 4) is 0 Å². The van der Waals surface area contributed by atoms with Crippen molar-refractivity contribution in [2.45, 2.75) is 213 Å². The quantitative estimate of drug-likeness (QED) is 0.0312. The standard InChI is InChI=1S/C72H105N6O6/c1-15-22-29-32-49(8)34-35-50-45-53(64-67(83-14)57-38-40-60(75(9)21-7)73-68(57)78(12)71(64)81)47-51(18-4)65-58(46-50)55-37-36-52(48-59(55)72(65,42-16-2)43-17-3)63-66(82-13)56-39-41-61(74-69(56)77(11)70(63)80)76(10)44-31-28-26-24-23-25-27-30-33-62(79)84-54(19-5)20-6/h19-20,36-37,45-49,54,56-57,68H,5-6,15-18,21-35,38-44H2,1-4,7-14H3/q+1/t49-,56?,57?,68?/m0/s1. The molecule has 84 heavy (non-hydrogen) atoms. The number of likely N-dealkylation sites (N-methyl/N-ethyl adjacent to an activating group) is 2. The van der Waals surface area contributed by atoms with E-state index in [1.54, 1.807) is 31.3 Å². The van der Waals surface area contributed by atoms with Gasteiger partial charge in [0.2, 0.25) is 0 Å². The Morgan fingerprint density at radius 2 is 1.50 bits per heavy atom. The summed E-state index contributed by atoms with van der Waals surface area (Å²) in [5.74, 6) is 4.30. The predicted octanol–water partition coefficient (Wildman–Crippen LogP) is 14.8. The van der Waals surface area contributed by atoms with Gasteiger partial charge in [-0.1, -0.05) is 155 Å². The number of carbonyl (C=O) groups excluding carboxylic acids is 3. The molecule has 1 aromatic carbocycles. The van der Waals surface area contributed by atoms with E-state index in [9.17, 15) is 4.79 Å². The minimum atomic E-state index is -0.415. The van der Waals surface area contributed by atoms with Crippen LogP contribution in [0.4, 0.5) is 0 Å². The van der Waals surface area contributed by atoms with Crippen LogP contribution in [0, 0.1) is 17.8 Å². The van der Waals surface area contributed by atoms with E-state index in [2.05, 4.69) is 115 Å². The molecular weight excluding hydrogens is 1040 g/mol. The van der Waals surface area contributed by atoms with Gasteiger partial charge in [-0.3, -0.25) is 19.3 Å². The van der Waals surface area contributed by atoms with Gasteiger partial charge in [-0.05, 0) is 133 Å². The van der Waals surface area contributed by atoms with E-state index in [1.165, 1.54) is 78.4 Å². The number of methoxy groups -OCH3 is 2. The molecule has 0 saturated carbocycles. The third-order valence-electron chi connectivity index (χ3n) is 19.1. The smallest absolute Gasteiger partial charge is 0.318 e. The van der Waals surface area contributed by atoms with E-state index >= 15 is 9.59 Å². The normalized spacial score (nSPS) is 20.6. The fourth-order valence-corrected chi connectivity index (χ4v) is 14.3. The van der Waals surface area contributed by atoms with Crippen molar-refractivity contribution in [2.75, 3.05) is 55.5 Å². The third-order valence-corrected chi connectivity index (χ3v) is 19.1. The molecule has 7 rings (SSSR count). The first-order valence-corrected chi connectivity index (χ1v) is 32.6. The van der Waals surface area contributed by atoms with E-state index in [4.69, 9.17) is 23.9 Å². The Hall–Kier alpha value is -6.13. The molecule has 0 saturated heterocycles. The summed E-state index contributed by atoms with van der Waals surface area (Å²) < 4.78 is 23.4. The molecule has 4 atom stereocenters. The summed E-state index contributed by atoms with van der Waals surface area (Å²) >= 11 is 0. The number of hydrogen-bond acceptors (Lipinski definition) is 9. The van der Waals surface area contributed by atoms with Gasteiger partial charge in [0.1, 0.15) is 41.1 Å². The molecule has 12 nitrogen and oxygen atoms in total. The van der Waals surface area contributed by atoms with Gasteiger partial charge < -0.3 is 24.0 Å². The van der Waals surface area contributed by atoms with Gasteiger partial charge in [0, 0.05) is 38.9 Å². The van der Waals surface area contributed by atoms with Crippen LogP contribution >= 0.6 is 0 Å². The number of unbranched alkanes of at least 4 members (excludes halogenated alkanes) is 9. The van der Waals surface area contributed by atoms with Crippen LogP contribution in [-0.2, 0) is 34.0 Å². The van der Waals surface area contributed by atoms with Gasteiger partial charge in [-0.25, -0.2) is 14.6 Å². The number of fused-ring (bicyclic) bond motifs is 4. The molecule has 0 aromatic heterocycles. The summed E-state index contributed by atoms with van der Waals surface area (Å²) in [5, 5.41) is 0. The van der Waals surface area contributed by atoms with Gasteiger partial charge in [-0.2, -0.15) is 0 Å². The van der Waals surface area contributed by atoms with Crippen molar-refractivity contribution < 1.29 is 28.6 Å². The second-order valence-corrected chi connectivity index (χ2v) is 24.8. The number of ether oxygens (including phenoxy) is 3. The predicted molar refractivity (Wildman–Crippen MR) is 347 cm³/mol. The number of rotatable bonds is 31. The maximum atomic E-state index is 15.1. The van der Waals surface area contributed by atoms with E-state index in [0.29, 0.717) is 29.2 Å². The molecule has 0 spiro atoms. The maximum Gasteiger partial charge on any atom is 0.318 e. The van der Waals surface area contributed by atoms with Crippen LogP contribution in [0.15, 0.2) is 106 Å². The fraction of sp³-hybridized carbons (Fsp3) is 0.611. The number of amidine groups is 3. The van der Waals surface area contributed by atoms with Crippen molar-refractivity contribution in [1.82, 2.24) is 24.3 Å². The van der Waals surface area contributed by atoms with Crippen LogP contribution < -0.4 is 4.67 Å². The first kappa shape index (κ1) is 65.4. The zero-order chi connectivity index (χ0) is 60.7. The van der Waals surface area contributed by atoms with Gasteiger partial charge in [0.15, 0.2) is 0 Å². The van der Waals surface area contributed by atoms with E-state index in [0.717, 1.165) is 150 Å². The molecule has 2 amide bonds. The van der Waals surface area contributed by atoms with Crippen LogP contribution in [0.2, 0.25) is 0 Å². The summed E-state index contributed by atoms with van der Waals surface area (Å²) in [6, 6.07) is 6.83. The zero-order valence-corrected chi connectivity index (χ0v) is 53.9. The summed E-state index contributed by atoms with van der Waals surface area (Å²) in [6.45, 7) is 22.8. The molecule has 4 heterocycles. The van der Waals surface area contributed by atoms with Gasteiger partial charge in [0.05, 0.1) is 52.8 Å². The highest BCUT2D eigenvalue weighted by Gasteiger charge is 2.50. The van der Waals surface area contributed by atoms with E-state index in [1.807, 2.05) is 19.0 Å². The number of hydrogen-bond donors (Lipinski definition) is 0. The first-order chi connectivity index (χ1) is 40.6. The number of amides is 2. The van der Waals surface area contributed by atoms with Crippen molar-refractivity contribution >= 4 is 46.4 Å². The Bertz CT molecular complexity index is 2860. The summed E-state index contributed by atoms with van der Waals surface area (Å²) in [4.78, 5) is 55.6. The number of allylic oxidation sites excluding steroid dienone is 7. The molecule has 0 bridgehead atoms. The monoisotopic (exact) mass is 1150 g/mol.